The molecular formula is C20H27NOSSi. The van der Waals surface area contributed by atoms with E-state index < -0.39 is 8.32 Å². The van der Waals surface area contributed by atoms with Gasteiger partial charge in [0.25, 0.3) is 8.32 Å². The minimum atomic E-state index is -2.41. The largest absolute Gasteiger partial charge is 0.407 e. The van der Waals surface area contributed by atoms with Crippen LogP contribution in [0.3, 0.4) is 0 Å². The molecule has 0 bridgehead atoms. The van der Waals surface area contributed by atoms with Gasteiger partial charge < -0.3 is 10.2 Å². The fourth-order valence-corrected chi connectivity index (χ4v) is 7.98. The second kappa shape index (κ2) is 8.06. The van der Waals surface area contributed by atoms with Crippen molar-refractivity contribution in [2.75, 3.05) is 6.61 Å². The van der Waals surface area contributed by atoms with Crippen molar-refractivity contribution in [2.24, 2.45) is 5.73 Å². The van der Waals surface area contributed by atoms with Crippen LogP contribution in [0.5, 0.6) is 0 Å². The molecule has 0 atom stereocenters. The van der Waals surface area contributed by atoms with E-state index in [4.69, 9.17) is 22.4 Å². The molecule has 4 heteroatoms. The Labute approximate surface area is 152 Å². The Hall–Kier alpha value is -1.49. The van der Waals surface area contributed by atoms with Gasteiger partial charge in [0.2, 0.25) is 0 Å². The van der Waals surface area contributed by atoms with E-state index >= 15 is 0 Å². The molecule has 0 aliphatic heterocycles. The minimum Gasteiger partial charge on any atom is -0.407 e. The number of rotatable bonds is 7. The molecule has 2 aromatic rings. The topological polar surface area (TPSA) is 35.2 Å². The van der Waals surface area contributed by atoms with E-state index in [2.05, 4.69) is 81.4 Å². The zero-order valence-corrected chi connectivity index (χ0v) is 16.6. The smallest absolute Gasteiger partial charge is 0.261 e. The lowest BCUT2D eigenvalue weighted by Gasteiger charge is -2.43. The third-order valence-corrected chi connectivity index (χ3v) is 9.55. The molecule has 0 radical (unpaired) electrons. The van der Waals surface area contributed by atoms with Gasteiger partial charge in [0.15, 0.2) is 0 Å². The molecule has 2 rings (SSSR count). The normalized spacial score (nSPS) is 12.1. The van der Waals surface area contributed by atoms with Crippen LogP contribution in [0, 0.1) is 0 Å². The molecule has 0 heterocycles. The monoisotopic (exact) mass is 357 g/mol. The molecule has 24 heavy (non-hydrogen) atoms. The highest BCUT2D eigenvalue weighted by atomic mass is 32.1. The quantitative estimate of drug-likeness (QED) is 0.467. The molecule has 0 unspecified atom stereocenters. The van der Waals surface area contributed by atoms with Gasteiger partial charge in [0.1, 0.15) is 0 Å². The lowest BCUT2D eigenvalue weighted by molar-refractivity contribution is 0.294. The zero-order chi connectivity index (χ0) is 17.6. The molecule has 0 aromatic heterocycles. The zero-order valence-electron chi connectivity index (χ0n) is 14.8. The van der Waals surface area contributed by atoms with Crippen molar-refractivity contribution in [3.63, 3.8) is 0 Å². The van der Waals surface area contributed by atoms with E-state index in [0.29, 0.717) is 11.6 Å². The summed E-state index contributed by atoms with van der Waals surface area (Å²) in [5.74, 6) is 0. The van der Waals surface area contributed by atoms with Crippen molar-refractivity contribution in [3.8, 4) is 0 Å². The summed E-state index contributed by atoms with van der Waals surface area (Å²) in [7, 11) is -2.41. The van der Waals surface area contributed by atoms with Crippen molar-refractivity contribution in [1.29, 1.82) is 0 Å². The van der Waals surface area contributed by atoms with Crippen molar-refractivity contribution in [3.05, 3.63) is 60.7 Å². The number of nitrogens with two attached hydrogens (primary N) is 1. The average molecular weight is 358 g/mol. The highest BCUT2D eigenvalue weighted by Gasteiger charge is 2.49. The Kier molecular flexibility index (Phi) is 6.32. The van der Waals surface area contributed by atoms with Gasteiger partial charge in [-0.25, -0.2) is 0 Å². The molecule has 0 saturated carbocycles. The van der Waals surface area contributed by atoms with Crippen molar-refractivity contribution in [1.82, 2.24) is 0 Å². The van der Waals surface area contributed by atoms with E-state index in [1.165, 1.54) is 10.4 Å². The van der Waals surface area contributed by atoms with Crippen LogP contribution in [-0.2, 0) is 4.43 Å². The Morgan fingerprint density at radius 3 is 1.79 bits per heavy atom. The first-order valence-electron chi connectivity index (χ1n) is 8.41. The van der Waals surface area contributed by atoms with E-state index in [1.807, 2.05) is 0 Å². The first-order valence-corrected chi connectivity index (χ1v) is 10.7. The highest BCUT2D eigenvalue weighted by Crippen LogP contribution is 2.36. The van der Waals surface area contributed by atoms with Crippen molar-refractivity contribution >= 4 is 35.9 Å². The summed E-state index contributed by atoms with van der Waals surface area (Å²) in [5.41, 5.74) is 5.64. The number of hydrogen-bond donors (Lipinski definition) is 1. The van der Waals surface area contributed by atoms with Crippen LogP contribution in [0.1, 0.15) is 33.6 Å². The summed E-state index contributed by atoms with van der Waals surface area (Å²) in [6.45, 7) is 7.52. The Balaban J connectivity index is 2.47. The van der Waals surface area contributed by atoms with Crippen molar-refractivity contribution in [2.45, 2.75) is 38.7 Å². The van der Waals surface area contributed by atoms with Crippen molar-refractivity contribution < 1.29 is 4.43 Å². The standard InChI is InChI=1S/C20H27NOSSi/c1-20(2,3)24(17-11-6-4-7-12-17,18-13-8-5-9-14-18)22-16-10-15-19(21)23/h4-9,11-14H,10,15-16H2,1-3H3,(H2,21,23). The maximum atomic E-state index is 6.74. The summed E-state index contributed by atoms with van der Waals surface area (Å²) in [4.78, 5) is 0.557. The van der Waals surface area contributed by atoms with Crippen LogP contribution in [0.2, 0.25) is 5.04 Å². The maximum Gasteiger partial charge on any atom is 0.261 e. The molecule has 2 N–H and O–H groups in total. The van der Waals surface area contributed by atoms with Crippen LogP contribution in [-0.4, -0.2) is 19.9 Å². The van der Waals surface area contributed by atoms with Gasteiger partial charge in [-0.3, -0.25) is 0 Å². The summed E-state index contributed by atoms with van der Waals surface area (Å²) in [6, 6.07) is 21.3. The van der Waals surface area contributed by atoms with Crippen LogP contribution >= 0.6 is 12.2 Å². The molecule has 0 aliphatic rings. The van der Waals surface area contributed by atoms with E-state index in [1.54, 1.807) is 0 Å². The SMILES string of the molecule is CC(C)(C)[Si](OCCCC(N)=S)(c1ccccc1)c1ccccc1. The van der Waals surface area contributed by atoms with Gasteiger partial charge >= 0.3 is 0 Å². The molecule has 0 amide bonds. The van der Waals surface area contributed by atoms with Gasteiger partial charge in [0.05, 0.1) is 4.99 Å². The van der Waals surface area contributed by atoms with Gasteiger partial charge in [-0.1, -0.05) is 93.7 Å². The lowest BCUT2D eigenvalue weighted by atomic mass is 10.2. The van der Waals surface area contributed by atoms with Gasteiger partial charge in [0, 0.05) is 6.61 Å². The Bertz CT molecular complexity index is 613. The molecule has 0 aliphatic carbocycles. The van der Waals surface area contributed by atoms with Crippen LogP contribution < -0.4 is 16.1 Å². The fourth-order valence-electron chi connectivity index (χ4n) is 3.23. The molecule has 0 spiro atoms. The van der Waals surface area contributed by atoms with E-state index in [-0.39, 0.29) is 5.04 Å². The summed E-state index contributed by atoms with van der Waals surface area (Å²) in [6.07, 6.45) is 1.59. The van der Waals surface area contributed by atoms with Gasteiger partial charge in [-0.05, 0) is 28.3 Å². The van der Waals surface area contributed by atoms with Crippen LogP contribution in [0.15, 0.2) is 60.7 Å². The first-order chi connectivity index (χ1) is 11.4. The second-order valence-electron chi connectivity index (χ2n) is 7.08. The number of benzene rings is 2. The molecule has 2 aromatic carbocycles. The number of thiocarbonyl (C=S) groups is 1. The third kappa shape index (κ3) is 4.12. The second-order valence-corrected chi connectivity index (χ2v) is 11.9. The number of hydrogen-bond acceptors (Lipinski definition) is 2. The molecule has 0 saturated heterocycles. The fraction of sp³-hybridized carbons (Fsp3) is 0.350. The minimum absolute atomic E-state index is 0.0128. The molecule has 0 fully saturated rings. The highest BCUT2D eigenvalue weighted by molar-refractivity contribution is 7.80. The Morgan fingerprint density at radius 2 is 1.42 bits per heavy atom. The summed E-state index contributed by atoms with van der Waals surface area (Å²) < 4.78 is 6.74. The average Bonchev–Trinajstić information content (AvgIpc) is 2.55. The summed E-state index contributed by atoms with van der Waals surface area (Å²) in [5, 5.41) is 2.62. The van der Waals surface area contributed by atoms with Gasteiger partial charge in [-0.15, -0.1) is 0 Å². The molecule has 128 valence electrons. The third-order valence-electron chi connectivity index (χ3n) is 4.30. The maximum absolute atomic E-state index is 6.74. The Morgan fingerprint density at radius 1 is 0.958 bits per heavy atom. The molecular weight excluding hydrogens is 330 g/mol. The first kappa shape index (κ1) is 18.8. The van der Waals surface area contributed by atoms with Crippen LogP contribution in [0.25, 0.3) is 0 Å². The lowest BCUT2D eigenvalue weighted by Crippen LogP contribution is -2.66. The van der Waals surface area contributed by atoms with Gasteiger partial charge in [-0.2, -0.15) is 0 Å². The summed E-state index contributed by atoms with van der Waals surface area (Å²) >= 11 is 5.00. The van der Waals surface area contributed by atoms with E-state index in [0.717, 1.165) is 12.8 Å². The van der Waals surface area contributed by atoms with Crippen LogP contribution in [0.4, 0.5) is 0 Å². The predicted octanol–water partition coefficient (Wildman–Crippen LogP) is 3.63. The molecule has 2 nitrogen and oxygen atoms in total. The predicted molar refractivity (Wildman–Crippen MR) is 110 cm³/mol. The van der Waals surface area contributed by atoms with E-state index in [9.17, 15) is 0 Å².